The molecule has 2 aromatic heterocycles. The van der Waals surface area contributed by atoms with Crippen molar-refractivity contribution >= 4 is 22.6 Å². The first-order chi connectivity index (χ1) is 17.3. The Hall–Kier alpha value is -3.86. The third-order valence-corrected chi connectivity index (χ3v) is 7.09. The zero-order valence-electron chi connectivity index (χ0n) is 19.5. The number of hydrogen-bond acceptors (Lipinski definition) is 4. The number of anilines is 1. The summed E-state index contributed by atoms with van der Waals surface area (Å²) in [6.45, 7) is -0.324. The SMILES string of the molecule is Cn1nccc1-c1n[nH]c2cc3c(cc12)CN(C1CN(CC(F)(F)F)CC1c1ccccc1)C(=O)N3. The molecule has 2 aliphatic rings. The van der Waals surface area contributed by atoms with Gasteiger partial charge in [0.2, 0.25) is 0 Å². The summed E-state index contributed by atoms with van der Waals surface area (Å²) >= 11 is 0. The molecule has 4 heterocycles. The summed E-state index contributed by atoms with van der Waals surface area (Å²) in [7, 11) is 1.84. The van der Waals surface area contributed by atoms with Crippen LogP contribution in [0.15, 0.2) is 54.7 Å². The van der Waals surface area contributed by atoms with Crippen molar-refractivity contribution in [2.45, 2.75) is 24.7 Å². The Morgan fingerprint density at radius 3 is 2.64 bits per heavy atom. The zero-order valence-corrected chi connectivity index (χ0v) is 19.5. The molecular formula is C25H24F3N7O. The number of carbonyl (C=O) groups excluding carboxylic acids is 1. The van der Waals surface area contributed by atoms with E-state index in [1.165, 1.54) is 4.90 Å². The number of aryl methyl sites for hydroxylation is 1. The van der Waals surface area contributed by atoms with E-state index in [0.29, 0.717) is 12.2 Å². The molecule has 0 bridgehead atoms. The van der Waals surface area contributed by atoms with Crippen LogP contribution in [0.25, 0.3) is 22.3 Å². The zero-order chi connectivity index (χ0) is 25.0. The highest BCUT2D eigenvalue weighted by Crippen LogP contribution is 2.38. The molecule has 1 fully saturated rings. The monoisotopic (exact) mass is 495 g/mol. The highest BCUT2D eigenvalue weighted by Gasteiger charge is 2.44. The molecule has 11 heteroatoms. The minimum atomic E-state index is -4.30. The van der Waals surface area contributed by atoms with Crippen LogP contribution in [0.3, 0.4) is 0 Å². The van der Waals surface area contributed by atoms with Gasteiger partial charge in [0, 0.05) is 49.9 Å². The number of nitrogens with zero attached hydrogens (tertiary/aromatic N) is 5. The number of nitrogens with one attached hydrogen (secondary N) is 2. The molecule has 4 aromatic rings. The molecule has 186 valence electrons. The molecule has 2 aliphatic heterocycles. The number of urea groups is 1. The van der Waals surface area contributed by atoms with Gasteiger partial charge in [0.1, 0.15) is 5.69 Å². The minimum absolute atomic E-state index is 0.149. The fraction of sp³-hybridized carbons (Fsp3) is 0.320. The lowest BCUT2D eigenvalue weighted by Gasteiger charge is -2.36. The van der Waals surface area contributed by atoms with Gasteiger partial charge in [0.25, 0.3) is 0 Å². The maximum absolute atomic E-state index is 13.2. The maximum Gasteiger partial charge on any atom is 0.401 e. The molecule has 0 saturated carbocycles. The number of aromatic amines is 1. The first-order valence-electron chi connectivity index (χ1n) is 11.7. The highest BCUT2D eigenvalue weighted by atomic mass is 19.4. The topological polar surface area (TPSA) is 82.1 Å². The highest BCUT2D eigenvalue weighted by molar-refractivity contribution is 5.99. The second-order valence-electron chi connectivity index (χ2n) is 9.42. The van der Waals surface area contributed by atoms with Crippen LogP contribution < -0.4 is 5.32 Å². The number of likely N-dealkylation sites (tertiary alicyclic amines) is 1. The van der Waals surface area contributed by atoms with Crippen LogP contribution in [0.5, 0.6) is 0 Å². The second-order valence-corrected chi connectivity index (χ2v) is 9.42. The average molecular weight is 496 g/mol. The van der Waals surface area contributed by atoms with Crippen LogP contribution in [0.4, 0.5) is 23.7 Å². The summed E-state index contributed by atoms with van der Waals surface area (Å²) in [4.78, 5) is 16.3. The lowest BCUT2D eigenvalue weighted by molar-refractivity contribution is -0.143. The standard InChI is InChI=1S/C25H24F3N7O/c1-33-21(7-8-29-33)23-17-9-16-11-35(24(36)30-19(16)10-20(17)31-32-23)22-13-34(14-25(26,27)28)12-18(22)15-5-3-2-4-6-15/h2-10,18,22H,11-14H2,1H3,(H,30,36)(H,31,32). The number of fused-ring (bicyclic) bond motifs is 2. The van der Waals surface area contributed by atoms with Crippen LogP contribution in [0.1, 0.15) is 17.0 Å². The first-order valence-corrected chi connectivity index (χ1v) is 11.7. The summed E-state index contributed by atoms with van der Waals surface area (Å²) in [6.07, 6.45) is -2.60. The van der Waals surface area contributed by atoms with Gasteiger partial charge >= 0.3 is 12.2 Å². The van der Waals surface area contributed by atoms with Crippen LogP contribution >= 0.6 is 0 Å². The van der Waals surface area contributed by atoms with Crippen LogP contribution in [0.2, 0.25) is 0 Å². The molecule has 2 N–H and O–H groups in total. The van der Waals surface area contributed by atoms with Gasteiger partial charge in [-0.1, -0.05) is 30.3 Å². The van der Waals surface area contributed by atoms with Gasteiger partial charge in [-0.05, 0) is 29.3 Å². The predicted molar refractivity (Wildman–Crippen MR) is 128 cm³/mol. The van der Waals surface area contributed by atoms with Crippen molar-refractivity contribution in [1.82, 2.24) is 29.8 Å². The Balaban J connectivity index is 1.35. The quantitative estimate of drug-likeness (QED) is 0.441. The molecule has 8 nitrogen and oxygen atoms in total. The summed E-state index contributed by atoms with van der Waals surface area (Å²) in [5.74, 6) is -0.233. The molecule has 2 atom stereocenters. The smallest absolute Gasteiger partial charge is 0.315 e. The summed E-state index contributed by atoms with van der Waals surface area (Å²) in [5.41, 5.74) is 4.85. The van der Waals surface area contributed by atoms with Gasteiger partial charge in [-0.25, -0.2) is 4.79 Å². The lowest BCUT2D eigenvalue weighted by Crippen LogP contribution is -2.48. The first kappa shape index (κ1) is 22.6. The van der Waals surface area contributed by atoms with Crippen molar-refractivity contribution in [2.75, 3.05) is 25.0 Å². The van der Waals surface area contributed by atoms with Crippen molar-refractivity contribution in [3.05, 3.63) is 65.9 Å². The molecule has 1 saturated heterocycles. The number of H-pyrrole nitrogens is 1. The fourth-order valence-corrected chi connectivity index (χ4v) is 5.46. The molecule has 0 radical (unpaired) electrons. The van der Waals surface area contributed by atoms with Gasteiger partial charge in [-0.3, -0.25) is 14.7 Å². The largest absolute Gasteiger partial charge is 0.401 e. The molecule has 0 aliphatic carbocycles. The molecule has 2 amide bonds. The number of benzene rings is 2. The summed E-state index contributed by atoms with van der Waals surface area (Å²) in [6, 6.07) is 14.5. The minimum Gasteiger partial charge on any atom is -0.315 e. The number of rotatable bonds is 4. The van der Waals surface area contributed by atoms with Gasteiger partial charge in [0.05, 0.1) is 23.8 Å². The summed E-state index contributed by atoms with van der Waals surface area (Å²) < 4.78 is 41.4. The maximum atomic E-state index is 13.2. The van der Waals surface area contributed by atoms with Crippen LogP contribution in [-0.2, 0) is 13.6 Å². The van der Waals surface area contributed by atoms with Crippen LogP contribution in [0, 0.1) is 0 Å². The van der Waals surface area contributed by atoms with Crippen molar-refractivity contribution in [3.63, 3.8) is 0 Å². The fourth-order valence-electron chi connectivity index (χ4n) is 5.46. The van der Waals surface area contributed by atoms with E-state index in [0.717, 1.165) is 33.4 Å². The number of hydrogen-bond donors (Lipinski definition) is 2. The van der Waals surface area contributed by atoms with Gasteiger partial charge in [0.15, 0.2) is 0 Å². The summed E-state index contributed by atoms with van der Waals surface area (Å²) in [5, 5.41) is 15.5. The lowest BCUT2D eigenvalue weighted by atomic mass is 9.92. The van der Waals surface area contributed by atoms with E-state index >= 15 is 0 Å². The second kappa shape index (κ2) is 8.37. The van der Waals surface area contributed by atoms with Gasteiger partial charge in [-0.15, -0.1) is 0 Å². The van der Waals surface area contributed by atoms with E-state index < -0.39 is 18.8 Å². The van der Waals surface area contributed by atoms with E-state index in [-0.39, 0.29) is 25.0 Å². The van der Waals surface area contributed by atoms with E-state index in [2.05, 4.69) is 20.6 Å². The number of alkyl halides is 3. The van der Waals surface area contributed by atoms with E-state index in [1.807, 2.05) is 55.6 Å². The third kappa shape index (κ3) is 3.98. The van der Waals surface area contributed by atoms with Gasteiger partial charge < -0.3 is 10.2 Å². The van der Waals surface area contributed by atoms with Crippen molar-refractivity contribution in [2.24, 2.45) is 7.05 Å². The van der Waals surface area contributed by atoms with Crippen molar-refractivity contribution in [1.29, 1.82) is 0 Å². The predicted octanol–water partition coefficient (Wildman–Crippen LogP) is 4.34. The third-order valence-electron chi connectivity index (χ3n) is 7.09. The Morgan fingerprint density at radius 2 is 1.92 bits per heavy atom. The number of amides is 2. The normalized spacial score (nSPS) is 20.7. The Bertz CT molecular complexity index is 1430. The Kier molecular flexibility index (Phi) is 5.25. The Morgan fingerprint density at radius 1 is 1.11 bits per heavy atom. The van der Waals surface area contributed by atoms with E-state index in [1.54, 1.807) is 15.8 Å². The van der Waals surface area contributed by atoms with Crippen molar-refractivity contribution in [3.8, 4) is 11.4 Å². The Labute approximate surface area is 204 Å². The van der Waals surface area contributed by atoms with Crippen molar-refractivity contribution < 1.29 is 18.0 Å². The molecular weight excluding hydrogens is 471 g/mol. The average Bonchev–Trinajstić information content (AvgIpc) is 3.55. The molecule has 6 rings (SSSR count). The van der Waals surface area contributed by atoms with Gasteiger partial charge in [-0.2, -0.15) is 23.4 Å². The molecule has 2 unspecified atom stereocenters. The molecule has 36 heavy (non-hydrogen) atoms. The van der Waals surface area contributed by atoms with E-state index in [9.17, 15) is 18.0 Å². The number of halogens is 3. The number of carbonyl (C=O) groups is 1. The number of aromatic nitrogens is 4. The van der Waals surface area contributed by atoms with E-state index in [4.69, 9.17) is 0 Å². The van der Waals surface area contributed by atoms with Crippen LogP contribution in [-0.4, -0.2) is 67.7 Å². The molecule has 0 spiro atoms. The molecule has 2 aromatic carbocycles.